The molecule has 1 aromatic heterocycles. The molecule has 1 fully saturated rings. The summed E-state index contributed by atoms with van der Waals surface area (Å²) in [4.78, 5) is 0. The summed E-state index contributed by atoms with van der Waals surface area (Å²) in [5.41, 5.74) is 5.32. The molecular weight excluding hydrogens is 435 g/mol. The summed E-state index contributed by atoms with van der Waals surface area (Å²) < 4.78 is 15.1. The average molecular weight is 462 g/mol. The molecule has 0 saturated carbocycles. The molecule has 168 valence electrons. The summed E-state index contributed by atoms with van der Waals surface area (Å²) >= 11 is 1.87. The summed E-state index contributed by atoms with van der Waals surface area (Å²) in [5, 5.41) is 2.67. The first-order valence-corrected chi connectivity index (χ1v) is 12.6. The molecule has 1 saturated heterocycles. The molecule has 0 radical (unpaired) electrons. The Hall–Kier alpha value is -2.92. The van der Waals surface area contributed by atoms with Crippen molar-refractivity contribution in [2.45, 2.75) is 38.9 Å². The first-order chi connectivity index (χ1) is 16.3. The molecule has 4 heteroatoms. The monoisotopic (exact) mass is 462 g/mol. The minimum absolute atomic E-state index is 0.330. The summed E-state index contributed by atoms with van der Waals surface area (Å²) in [5.74, 6) is 0. The van der Waals surface area contributed by atoms with Crippen LogP contribution in [0.15, 0.2) is 91.0 Å². The summed E-state index contributed by atoms with van der Waals surface area (Å²) in [6, 6.07) is 32.7. The van der Waals surface area contributed by atoms with E-state index in [0.717, 1.165) is 5.46 Å². The van der Waals surface area contributed by atoms with Crippen LogP contribution < -0.4 is 5.46 Å². The molecule has 0 spiro atoms. The molecule has 34 heavy (non-hydrogen) atoms. The van der Waals surface area contributed by atoms with E-state index in [4.69, 9.17) is 9.31 Å². The van der Waals surface area contributed by atoms with Crippen LogP contribution in [0.1, 0.15) is 27.7 Å². The smallest absolute Gasteiger partial charge is 0.399 e. The normalized spacial score (nSPS) is 17.0. The molecule has 0 bridgehead atoms. The van der Waals surface area contributed by atoms with Gasteiger partial charge >= 0.3 is 7.12 Å². The van der Waals surface area contributed by atoms with Gasteiger partial charge in [-0.1, -0.05) is 84.9 Å². The molecule has 1 aliphatic rings. The number of fused-ring (bicyclic) bond motifs is 3. The van der Waals surface area contributed by atoms with Crippen molar-refractivity contribution in [1.29, 1.82) is 0 Å². The molecule has 5 aromatic rings. The Morgan fingerprint density at radius 1 is 0.588 bits per heavy atom. The minimum atomic E-state index is -0.330. The third-order valence-electron chi connectivity index (χ3n) is 7.37. The maximum Gasteiger partial charge on any atom is 0.494 e. The largest absolute Gasteiger partial charge is 0.494 e. The van der Waals surface area contributed by atoms with Gasteiger partial charge in [0.1, 0.15) is 0 Å². The first-order valence-electron chi connectivity index (χ1n) is 11.8. The van der Waals surface area contributed by atoms with E-state index in [1.807, 2.05) is 11.3 Å². The Balaban J connectivity index is 1.28. The predicted octanol–water partition coefficient (Wildman–Crippen LogP) is 7.69. The van der Waals surface area contributed by atoms with Crippen LogP contribution in [0.3, 0.4) is 0 Å². The highest BCUT2D eigenvalue weighted by molar-refractivity contribution is 7.26. The van der Waals surface area contributed by atoms with E-state index in [1.165, 1.54) is 42.4 Å². The molecule has 0 aliphatic carbocycles. The van der Waals surface area contributed by atoms with E-state index >= 15 is 0 Å². The summed E-state index contributed by atoms with van der Waals surface area (Å²) in [6.07, 6.45) is 0. The lowest BCUT2D eigenvalue weighted by Gasteiger charge is -2.32. The molecule has 6 rings (SSSR count). The Labute approximate surface area is 205 Å². The van der Waals surface area contributed by atoms with E-state index in [1.54, 1.807) is 0 Å². The van der Waals surface area contributed by atoms with Crippen molar-refractivity contribution in [3.8, 4) is 22.3 Å². The predicted molar refractivity (Wildman–Crippen MR) is 146 cm³/mol. The van der Waals surface area contributed by atoms with Crippen molar-refractivity contribution >= 4 is 44.1 Å². The quantitative estimate of drug-likeness (QED) is 0.256. The second-order valence-corrected chi connectivity index (χ2v) is 11.1. The van der Waals surface area contributed by atoms with Gasteiger partial charge in [-0.2, -0.15) is 0 Å². The van der Waals surface area contributed by atoms with Gasteiger partial charge < -0.3 is 9.31 Å². The number of rotatable bonds is 3. The highest BCUT2D eigenvalue weighted by Gasteiger charge is 2.51. The van der Waals surface area contributed by atoms with Crippen molar-refractivity contribution in [1.82, 2.24) is 0 Å². The lowest BCUT2D eigenvalue weighted by molar-refractivity contribution is 0.00578. The van der Waals surface area contributed by atoms with E-state index in [9.17, 15) is 0 Å². The van der Waals surface area contributed by atoms with Crippen LogP contribution in [0.25, 0.3) is 42.4 Å². The third kappa shape index (κ3) is 3.49. The maximum atomic E-state index is 6.20. The van der Waals surface area contributed by atoms with Crippen LogP contribution in [0.4, 0.5) is 0 Å². The number of hydrogen-bond donors (Lipinski definition) is 0. The Bertz CT molecular complexity index is 1480. The highest BCUT2D eigenvalue weighted by atomic mass is 32.1. The van der Waals surface area contributed by atoms with Gasteiger partial charge in [-0.15, -0.1) is 11.3 Å². The van der Waals surface area contributed by atoms with Gasteiger partial charge in [0.05, 0.1) is 11.2 Å². The number of benzene rings is 4. The van der Waals surface area contributed by atoms with Gasteiger partial charge in [-0.05, 0) is 61.5 Å². The fourth-order valence-corrected chi connectivity index (χ4v) is 5.87. The van der Waals surface area contributed by atoms with Gasteiger partial charge in [0.2, 0.25) is 0 Å². The molecule has 2 nitrogen and oxygen atoms in total. The van der Waals surface area contributed by atoms with Crippen LogP contribution in [0.5, 0.6) is 0 Å². The van der Waals surface area contributed by atoms with Crippen LogP contribution in [0.2, 0.25) is 0 Å². The van der Waals surface area contributed by atoms with E-state index in [2.05, 4.69) is 119 Å². The minimum Gasteiger partial charge on any atom is -0.399 e. The lowest BCUT2D eigenvalue weighted by atomic mass is 9.78. The summed E-state index contributed by atoms with van der Waals surface area (Å²) in [7, 11) is -0.330. The van der Waals surface area contributed by atoms with E-state index in [-0.39, 0.29) is 18.3 Å². The Morgan fingerprint density at radius 3 is 1.82 bits per heavy atom. The van der Waals surface area contributed by atoms with Crippen LogP contribution in [0, 0.1) is 0 Å². The second-order valence-electron chi connectivity index (χ2n) is 10.1. The third-order valence-corrected chi connectivity index (χ3v) is 8.59. The average Bonchev–Trinajstić information content (AvgIpc) is 3.32. The number of hydrogen-bond acceptors (Lipinski definition) is 3. The first kappa shape index (κ1) is 21.6. The molecule has 4 aromatic carbocycles. The topological polar surface area (TPSA) is 18.5 Å². The van der Waals surface area contributed by atoms with Crippen molar-refractivity contribution < 1.29 is 9.31 Å². The molecule has 0 unspecified atom stereocenters. The second kappa shape index (κ2) is 7.81. The van der Waals surface area contributed by atoms with Crippen LogP contribution >= 0.6 is 11.3 Å². The van der Waals surface area contributed by atoms with Crippen molar-refractivity contribution in [2.24, 2.45) is 0 Å². The molecule has 0 atom stereocenters. The van der Waals surface area contributed by atoms with Gasteiger partial charge in [0, 0.05) is 20.2 Å². The number of thiophene rings is 1. The molecular formula is C30H27BO2S. The SMILES string of the molecule is CC1(C)OB(c2ccc(-c3ccc(-c4cccc5c4sc4ccccc45)cc3)cc2)OC1(C)C. The van der Waals surface area contributed by atoms with Crippen LogP contribution in [-0.4, -0.2) is 18.3 Å². The van der Waals surface area contributed by atoms with E-state index < -0.39 is 0 Å². The molecule has 0 amide bonds. The van der Waals surface area contributed by atoms with Crippen molar-refractivity contribution in [2.75, 3.05) is 0 Å². The molecule has 1 aliphatic heterocycles. The van der Waals surface area contributed by atoms with E-state index in [0.29, 0.717) is 0 Å². The zero-order valence-corrected chi connectivity index (χ0v) is 20.8. The zero-order chi connectivity index (χ0) is 23.5. The lowest BCUT2D eigenvalue weighted by Crippen LogP contribution is -2.41. The van der Waals surface area contributed by atoms with Crippen LogP contribution in [-0.2, 0) is 9.31 Å². The molecule has 0 N–H and O–H groups in total. The standard InChI is InChI=1S/C30H27BO2S/c1-29(2)30(3,4)33-31(32-29)23-18-16-21(17-19-23)20-12-14-22(15-13-20)24-9-7-10-26-25-8-5-6-11-27(25)34-28(24)26/h5-19H,1-4H3. The Kier molecular flexibility index (Phi) is 4.96. The maximum absolute atomic E-state index is 6.20. The molecule has 2 heterocycles. The van der Waals surface area contributed by atoms with Gasteiger partial charge in [-0.25, -0.2) is 0 Å². The fourth-order valence-electron chi connectivity index (χ4n) is 4.63. The van der Waals surface area contributed by atoms with Crippen molar-refractivity contribution in [3.05, 3.63) is 91.0 Å². The summed E-state index contributed by atoms with van der Waals surface area (Å²) in [6.45, 7) is 8.34. The Morgan fingerprint density at radius 2 is 1.15 bits per heavy atom. The highest BCUT2D eigenvalue weighted by Crippen LogP contribution is 2.40. The van der Waals surface area contributed by atoms with Crippen molar-refractivity contribution in [3.63, 3.8) is 0 Å². The van der Waals surface area contributed by atoms with Gasteiger partial charge in [0.15, 0.2) is 0 Å². The zero-order valence-electron chi connectivity index (χ0n) is 20.0. The van der Waals surface area contributed by atoms with Gasteiger partial charge in [-0.3, -0.25) is 0 Å². The van der Waals surface area contributed by atoms with Gasteiger partial charge in [0.25, 0.3) is 0 Å². The fraction of sp³-hybridized carbons (Fsp3) is 0.200.